The molecular formula is C12H18N2O6. The summed E-state index contributed by atoms with van der Waals surface area (Å²) in [7, 11) is 0. The normalized spacial score (nSPS) is 20.1. The van der Waals surface area contributed by atoms with Gasteiger partial charge in [-0.25, -0.2) is 4.79 Å². The van der Waals surface area contributed by atoms with E-state index in [-0.39, 0.29) is 13.0 Å². The lowest BCUT2D eigenvalue weighted by Crippen LogP contribution is -2.54. The summed E-state index contributed by atoms with van der Waals surface area (Å²) in [5.74, 6) is -4.11. The number of hydrogen-bond acceptors (Lipinski definition) is 4. The zero-order valence-corrected chi connectivity index (χ0v) is 11.2. The Kier molecular flexibility index (Phi) is 5.48. The molecule has 0 spiro atoms. The van der Waals surface area contributed by atoms with Crippen LogP contribution in [0.15, 0.2) is 0 Å². The second kappa shape index (κ2) is 6.88. The molecular weight excluding hydrogens is 268 g/mol. The maximum Gasteiger partial charge on any atom is 0.326 e. The van der Waals surface area contributed by atoms with Crippen molar-refractivity contribution < 1.29 is 29.4 Å². The predicted octanol–water partition coefficient (Wildman–Crippen LogP) is -0.568. The van der Waals surface area contributed by atoms with Crippen molar-refractivity contribution in [1.82, 2.24) is 10.2 Å². The number of nitrogens with one attached hydrogen (secondary N) is 1. The van der Waals surface area contributed by atoms with E-state index in [2.05, 4.69) is 5.32 Å². The smallest absolute Gasteiger partial charge is 0.326 e. The lowest BCUT2D eigenvalue weighted by atomic mass is 10.0. The molecule has 1 fully saturated rings. The Hall–Kier alpha value is -2.12. The standard InChI is InChI=1S/C12H18N2O6/c1-7(6-9(15)16)13-10(17)11(18)14-5-3-2-4-8(14)12(19)20/h7-8H,2-6H2,1H3,(H,13,17)(H,15,16)(H,19,20)/t7?,8-/m1/s1. The number of nitrogens with zero attached hydrogens (tertiary/aromatic N) is 1. The minimum atomic E-state index is -1.13. The summed E-state index contributed by atoms with van der Waals surface area (Å²) in [5.41, 5.74) is 0. The molecule has 0 saturated carbocycles. The van der Waals surface area contributed by atoms with Crippen molar-refractivity contribution in [2.75, 3.05) is 6.54 Å². The SMILES string of the molecule is CC(CC(=O)O)NC(=O)C(=O)N1CCCC[C@@H]1C(=O)O. The van der Waals surface area contributed by atoms with Gasteiger partial charge < -0.3 is 20.4 Å². The molecule has 8 nitrogen and oxygen atoms in total. The van der Waals surface area contributed by atoms with Crippen molar-refractivity contribution >= 4 is 23.8 Å². The van der Waals surface area contributed by atoms with Crippen molar-refractivity contribution in [3.63, 3.8) is 0 Å². The van der Waals surface area contributed by atoms with E-state index >= 15 is 0 Å². The minimum Gasteiger partial charge on any atom is -0.481 e. The van der Waals surface area contributed by atoms with Crippen molar-refractivity contribution in [2.24, 2.45) is 0 Å². The number of carbonyl (C=O) groups is 4. The van der Waals surface area contributed by atoms with E-state index in [1.54, 1.807) is 0 Å². The maximum absolute atomic E-state index is 11.9. The summed E-state index contributed by atoms with van der Waals surface area (Å²) in [6.07, 6.45) is 1.35. The molecule has 1 saturated heterocycles. The van der Waals surface area contributed by atoms with Gasteiger partial charge in [0.25, 0.3) is 0 Å². The van der Waals surface area contributed by atoms with E-state index in [1.165, 1.54) is 6.92 Å². The molecule has 0 aromatic heterocycles. The molecule has 20 heavy (non-hydrogen) atoms. The average molecular weight is 286 g/mol. The molecule has 1 aliphatic heterocycles. The molecule has 0 bridgehead atoms. The molecule has 0 radical (unpaired) electrons. The summed E-state index contributed by atoms with van der Waals surface area (Å²) < 4.78 is 0. The van der Waals surface area contributed by atoms with Gasteiger partial charge in [-0.1, -0.05) is 0 Å². The van der Waals surface area contributed by atoms with Crippen LogP contribution in [0.25, 0.3) is 0 Å². The van der Waals surface area contributed by atoms with Crippen LogP contribution in [-0.2, 0) is 19.2 Å². The van der Waals surface area contributed by atoms with Crippen LogP contribution in [0.2, 0.25) is 0 Å². The Bertz CT molecular complexity index is 422. The summed E-state index contributed by atoms with van der Waals surface area (Å²) in [6, 6.07) is -1.69. The molecule has 8 heteroatoms. The van der Waals surface area contributed by atoms with Crippen molar-refractivity contribution in [3.8, 4) is 0 Å². The van der Waals surface area contributed by atoms with Gasteiger partial charge in [0.15, 0.2) is 0 Å². The number of carbonyl (C=O) groups excluding carboxylic acids is 2. The number of hydrogen-bond donors (Lipinski definition) is 3. The molecule has 1 rings (SSSR count). The van der Waals surface area contributed by atoms with Gasteiger partial charge in [0.1, 0.15) is 6.04 Å². The highest BCUT2D eigenvalue weighted by atomic mass is 16.4. The quantitative estimate of drug-likeness (QED) is 0.595. The third-order valence-electron chi connectivity index (χ3n) is 3.10. The molecule has 1 heterocycles. The Morgan fingerprint density at radius 3 is 2.45 bits per heavy atom. The van der Waals surface area contributed by atoms with Crippen LogP contribution in [0.4, 0.5) is 0 Å². The van der Waals surface area contributed by atoms with Gasteiger partial charge in [0.05, 0.1) is 6.42 Å². The first-order valence-electron chi connectivity index (χ1n) is 6.39. The molecule has 2 amide bonds. The molecule has 1 aliphatic rings. The van der Waals surface area contributed by atoms with Crippen LogP contribution in [0.1, 0.15) is 32.6 Å². The first-order valence-corrected chi connectivity index (χ1v) is 6.39. The fourth-order valence-electron chi connectivity index (χ4n) is 2.16. The monoisotopic (exact) mass is 286 g/mol. The topological polar surface area (TPSA) is 124 Å². The van der Waals surface area contributed by atoms with Crippen LogP contribution >= 0.6 is 0 Å². The molecule has 112 valence electrons. The number of carboxylic acids is 2. The minimum absolute atomic E-state index is 0.219. The molecule has 0 aliphatic carbocycles. The number of likely N-dealkylation sites (tertiary alicyclic amines) is 1. The van der Waals surface area contributed by atoms with E-state index < -0.39 is 35.8 Å². The van der Waals surface area contributed by atoms with Gasteiger partial charge in [0.2, 0.25) is 0 Å². The van der Waals surface area contributed by atoms with E-state index in [9.17, 15) is 19.2 Å². The van der Waals surface area contributed by atoms with Crippen LogP contribution in [0.3, 0.4) is 0 Å². The highest BCUT2D eigenvalue weighted by Crippen LogP contribution is 2.17. The lowest BCUT2D eigenvalue weighted by Gasteiger charge is -2.32. The highest BCUT2D eigenvalue weighted by Gasteiger charge is 2.35. The van der Waals surface area contributed by atoms with Crippen molar-refractivity contribution in [2.45, 2.75) is 44.7 Å². The molecule has 0 aromatic carbocycles. The van der Waals surface area contributed by atoms with Crippen molar-refractivity contribution in [3.05, 3.63) is 0 Å². The Morgan fingerprint density at radius 1 is 1.25 bits per heavy atom. The highest BCUT2D eigenvalue weighted by molar-refractivity contribution is 6.35. The average Bonchev–Trinajstić information content (AvgIpc) is 2.36. The molecule has 3 N–H and O–H groups in total. The second-order valence-electron chi connectivity index (χ2n) is 4.82. The third-order valence-corrected chi connectivity index (χ3v) is 3.10. The largest absolute Gasteiger partial charge is 0.481 e. The third kappa shape index (κ3) is 4.22. The zero-order chi connectivity index (χ0) is 15.3. The molecule has 0 aromatic rings. The summed E-state index contributed by atoms with van der Waals surface area (Å²) in [5, 5.41) is 19.9. The van der Waals surface area contributed by atoms with E-state index in [0.717, 1.165) is 4.90 Å². The predicted molar refractivity (Wildman–Crippen MR) is 66.8 cm³/mol. The Balaban J connectivity index is 2.65. The Morgan fingerprint density at radius 2 is 1.90 bits per heavy atom. The first kappa shape index (κ1) is 15.9. The first-order chi connectivity index (χ1) is 9.32. The number of rotatable bonds is 4. The summed E-state index contributed by atoms with van der Waals surface area (Å²) in [4.78, 5) is 46.2. The Labute approximate surface area is 115 Å². The van der Waals surface area contributed by atoms with Gasteiger partial charge in [-0.05, 0) is 26.2 Å². The van der Waals surface area contributed by atoms with E-state index in [1.807, 2.05) is 0 Å². The van der Waals surface area contributed by atoms with Crippen molar-refractivity contribution in [1.29, 1.82) is 0 Å². The van der Waals surface area contributed by atoms with Crippen LogP contribution in [0.5, 0.6) is 0 Å². The molecule has 1 unspecified atom stereocenters. The number of carboxylic acid groups (broad SMARTS) is 2. The van der Waals surface area contributed by atoms with Crippen LogP contribution < -0.4 is 5.32 Å². The van der Waals surface area contributed by atoms with Gasteiger partial charge >= 0.3 is 23.8 Å². The summed E-state index contributed by atoms with van der Waals surface area (Å²) in [6.45, 7) is 1.68. The fraction of sp³-hybridized carbons (Fsp3) is 0.667. The van der Waals surface area contributed by atoms with E-state index in [4.69, 9.17) is 10.2 Å². The maximum atomic E-state index is 11.9. The van der Waals surface area contributed by atoms with Crippen LogP contribution in [-0.4, -0.2) is 57.5 Å². The molecule has 2 atom stereocenters. The van der Waals surface area contributed by atoms with Crippen LogP contribution in [0, 0.1) is 0 Å². The fourth-order valence-corrected chi connectivity index (χ4v) is 2.16. The van der Waals surface area contributed by atoms with Gasteiger partial charge in [-0.15, -0.1) is 0 Å². The number of piperidine rings is 1. The number of aliphatic carboxylic acids is 2. The van der Waals surface area contributed by atoms with E-state index in [0.29, 0.717) is 19.3 Å². The van der Waals surface area contributed by atoms with Gasteiger partial charge in [0, 0.05) is 12.6 Å². The number of amides is 2. The second-order valence-corrected chi connectivity index (χ2v) is 4.82. The lowest BCUT2D eigenvalue weighted by molar-refractivity contribution is -0.156. The van der Waals surface area contributed by atoms with Gasteiger partial charge in [-0.2, -0.15) is 0 Å². The van der Waals surface area contributed by atoms with Gasteiger partial charge in [-0.3, -0.25) is 14.4 Å². The zero-order valence-electron chi connectivity index (χ0n) is 11.2. The summed E-state index contributed by atoms with van der Waals surface area (Å²) >= 11 is 0.